The molecular formula is C26H52N2O. The topological polar surface area (TPSA) is 15.7 Å². The monoisotopic (exact) mass is 408 g/mol. The molecule has 0 N–H and O–H groups in total. The molecule has 0 aromatic carbocycles. The lowest BCUT2D eigenvalue weighted by atomic mass is 10.1. The van der Waals surface area contributed by atoms with Crippen molar-refractivity contribution in [1.82, 2.24) is 9.80 Å². The maximum Gasteiger partial charge on any atom is 0.0587 e. The van der Waals surface area contributed by atoms with E-state index in [1.54, 1.807) is 0 Å². The number of hydrogen-bond donors (Lipinski definition) is 0. The minimum atomic E-state index is 0.495. The van der Waals surface area contributed by atoms with Crippen LogP contribution in [0.25, 0.3) is 0 Å². The third-order valence-corrected chi connectivity index (χ3v) is 7.02. The predicted molar refractivity (Wildman–Crippen MR) is 127 cm³/mol. The molecule has 3 nitrogen and oxygen atoms in total. The summed E-state index contributed by atoms with van der Waals surface area (Å²) in [6.07, 6.45) is 23.7. The van der Waals surface area contributed by atoms with Crippen molar-refractivity contribution in [2.24, 2.45) is 0 Å². The highest BCUT2D eigenvalue weighted by molar-refractivity contribution is 4.68. The molecule has 3 atom stereocenters. The molecule has 0 spiro atoms. The van der Waals surface area contributed by atoms with E-state index in [-0.39, 0.29) is 0 Å². The van der Waals surface area contributed by atoms with Crippen molar-refractivity contribution >= 4 is 0 Å². The summed E-state index contributed by atoms with van der Waals surface area (Å²) in [4.78, 5) is 5.56. The van der Waals surface area contributed by atoms with Gasteiger partial charge < -0.3 is 14.5 Å². The van der Waals surface area contributed by atoms with E-state index in [1.165, 1.54) is 148 Å². The zero-order valence-electron chi connectivity index (χ0n) is 19.9. The zero-order valence-corrected chi connectivity index (χ0v) is 19.9. The molecule has 2 aliphatic heterocycles. The van der Waals surface area contributed by atoms with Gasteiger partial charge in [-0.05, 0) is 84.1 Å². The van der Waals surface area contributed by atoms with Crippen LogP contribution in [0, 0.1) is 0 Å². The fraction of sp³-hybridized carbons (Fsp3) is 1.00. The van der Waals surface area contributed by atoms with E-state index in [2.05, 4.69) is 16.7 Å². The molecule has 2 bridgehead atoms. The molecule has 2 rings (SSSR count). The van der Waals surface area contributed by atoms with Crippen LogP contribution >= 0.6 is 0 Å². The Labute approximate surface area is 182 Å². The summed E-state index contributed by atoms with van der Waals surface area (Å²) >= 11 is 0. The van der Waals surface area contributed by atoms with Gasteiger partial charge in [-0.2, -0.15) is 0 Å². The highest BCUT2D eigenvalue weighted by Crippen LogP contribution is 2.16. The molecule has 3 unspecified atom stereocenters. The Kier molecular flexibility index (Phi) is 15.2. The van der Waals surface area contributed by atoms with Gasteiger partial charge in [-0.15, -0.1) is 0 Å². The van der Waals surface area contributed by atoms with E-state index < -0.39 is 0 Å². The van der Waals surface area contributed by atoms with Gasteiger partial charge in [0.2, 0.25) is 0 Å². The summed E-state index contributed by atoms with van der Waals surface area (Å²) in [6.45, 7) is 11.1. The van der Waals surface area contributed by atoms with E-state index in [4.69, 9.17) is 4.74 Å². The number of rotatable bonds is 5. The van der Waals surface area contributed by atoms with Crippen molar-refractivity contribution in [2.75, 3.05) is 45.9 Å². The fourth-order valence-corrected chi connectivity index (χ4v) is 5.02. The standard InChI is InChI=1S/C26H52N2O/c1-2-3-16-25-29-26-17-10-8-13-20-27-19-11-6-4-5-7-12-22-28(24-18-26)23-15-9-14-21-27/h26H,2-25H2,1H3. The second-order valence-electron chi connectivity index (χ2n) is 9.70. The Balaban J connectivity index is 1.92. The molecule has 2 heterocycles. The van der Waals surface area contributed by atoms with Crippen LogP contribution in [-0.4, -0.2) is 61.8 Å². The first-order valence-electron chi connectivity index (χ1n) is 13.4. The quantitative estimate of drug-likeness (QED) is 0.473. The first-order chi connectivity index (χ1) is 14.4. The van der Waals surface area contributed by atoms with Crippen molar-refractivity contribution in [3.8, 4) is 0 Å². The lowest BCUT2D eigenvalue weighted by Crippen LogP contribution is -2.30. The molecule has 0 aromatic heterocycles. The second-order valence-corrected chi connectivity index (χ2v) is 9.70. The smallest absolute Gasteiger partial charge is 0.0587 e. The van der Waals surface area contributed by atoms with Crippen LogP contribution in [0.2, 0.25) is 0 Å². The maximum atomic E-state index is 6.38. The van der Waals surface area contributed by atoms with Crippen LogP contribution in [0.15, 0.2) is 0 Å². The molecule has 2 saturated heterocycles. The van der Waals surface area contributed by atoms with Crippen LogP contribution in [-0.2, 0) is 4.74 Å². The molecule has 0 aromatic rings. The first kappa shape index (κ1) is 25.1. The van der Waals surface area contributed by atoms with Crippen molar-refractivity contribution in [3.05, 3.63) is 0 Å². The largest absolute Gasteiger partial charge is 0.378 e. The van der Waals surface area contributed by atoms with Gasteiger partial charge in [0.1, 0.15) is 0 Å². The summed E-state index contributed by atoms with van der Waals surface area (Å²) in [5.41, 5.74) is 0. The van der Waals surface area contributed by atoms with Crippen LogP contribution in [0.5, 0.6) is 0 Å². The molecule has 2 aliphatic rings. The van der Waals surface area contributed by atoms with Gasteiger partial charge in [0, 0.05) is 13.2 Å². The van der Waals surface area contributed by atoms with Crippen LogP contribution in [0.1, 0.15) is 116 Å². The molecule has 3 heteroatoms. The molecule has 0 saturated carbocycles. The van der Waals surface area contributed by atoms with E-state index >= 15 is 0 Å². The van der Waals surface area contributed by atoms with E-state index in [9.17, 15) is 0 Å². The summed E-state index contributed by atoms with van der Waals surface area (Å²) in [5, 5.41) is 0. The Hall–Kier alpha value is -0.120. The maximum absolute atomic E-state index is 6.38. The number of hydrogen-bond acceptors (Lipinski definition) is 3. The number of unbranched alkanes of at least 4 members (excludes halogenated alkanes) is 2. The van der Waals surface area contributed by atoms with E-state index in [0.717, 1.165) is 6.61 Å². The number of fused-ring (bicyclic) bond motifs is 6. The second kappa shape index (κ2) is 17.5. The summed E-state index contributed by atoms with van der Waals surface area (Å²) < 4.78 is 6.38. The average Bonchev–Trinajstić information content (AvgIpc) is 2.74. The van der Waals surface area contributed by atoms with Crippen molar-refractivity contribution in [1.29, 1.82) is 0 Å². The van der Waals surface area contributed by atoms with Gasteiger partial charge in [0.15, 0.2) is 0 Å². The van der Waals surface area contributed by atoms with E-state index in [1.807, 2.05) is 0 Å². The van der Waals surface area contributed by atoms with E-state index in [0.29, 0.717) is 6.10 Å². The third kappa shape index (κ3) is 13.0. The highest BCUT2D eigenvalue weighted by Gasteiger charge is 2.14. The van der Waals surface area contributed by atoms with Gasteiger partial charge in [0.25, 0.3) is 0 Å². The Morgan fingerprint density at radius 3 is 1.62 bits per heavy atom. The first-order valence-corrected chi connectivity index (χ1v) is 13.4. The SMILES string of the molecule is CCCCCOC1CCCCCN2CCCCCCCCN(CCCCC2)CC1. The molecule has 2 fully saturated rings. The number of ether oxygens (including phenoxy) is 1. The van der Waals surface area contributed by atoms with Crippen LogP contribution < -0.4 is 0 Å². The van der Waals surface area contributed by atoms with Gasteiger partial charge in [-0.1, -0.05) is 64.7 Å². The van der Waals surface area contributed by atoms with Gasteiger partial charge in [0.05, 0.1) is 6.10 Å². The zero-order chi connectivity index (χ0) is 20.4. The molecular weight excluding hydrogens is 356 g/mol. The Bertz CT molecular complexity index is 363. The minimum Gasteiger partial charge on any atom is -0.378 e. The lowest BCUT2D eigenvalue weighted by molar-refractivity contribution is 0.0302. The number of nitrogens with zero attached hydrogens (tertiary/aromatic N) is 2. The lowest BCUT2D eigenvalue weighted by Gasteiger charge is -2.25. The van der Waals surface area contributed by atoms with Gasteiger partial charge in [-0.3, -0.25) is 0 Å². The van der Waals surface area contributed by atoms with Gasteiger partial charge >= 0.3 is 0 Å². The van der Waals surface area contributed by atoms with Crippen molar-refractivity contribution in [2.45, 2.75) is 122 Å². The summed E-state index contributed by atoms with van der Waals surface area (Å²) in [6, 6.07) is 0. The fourth-order valence-electron chi connectivity index (χ4n) is 5.02. The summed E-state index contributed by atoms with van der Waals surface area (Å²) in [5.74, 6) is 0. The molecule has 0 aliphatic carbocycles. The molecule has 0 amide bonds. The highest BCUT2D eigenvalue weighted by atomic mass is 16.5. The Morgan fingerprint density at radius 1 is 0.552 bits per heavy atom. The molecule has 172 valence electrons. The third-order valence-electron chi connectivity index (χ3n) is 7.02. The van der Waals surface area contributed by atoms with Gasteiger partial charge in [-0.25, -0.2) is 0 Å². The molecule has 29 heavy (non-hydrogen) atoms. The normalized spacial score (nSPS) is 29.9. The molecule has 0 radical (unpaired) electrons. The minimum absolute atomic E-state index is 0.495. The van der Waals surface area contributed by atoms with Crippen LogP contribution in [0.4, 0.5) is 0 Å². The predicted octanol–water partition coefficient (Wildman–Crippen LogP) is 6.65. The summed E-state index contributed by atoms with van der Waals surface area (Å²) in [7, 11) is 0. The average molecular weight is 409 g/mol. The van der Waals surface area contributed by atoms with Crippen molar-refractivity contribution < 1.29 is 4.74 Å². The van der Waals surface area contributed by atoms with Crippen LogP contribution in [0.3, 0.4) is 0 Å². The Morgan fingerprint density at radius 2 is 1.03 bits per heavy atom. The van der Waals surface area contributed by atoms with Crippen molar-refractivity contribution in [3.63, 3.8) is 0 Å².